The van der Waals surface area contributed by atoms with Gasteiger partial charge in [-0.1, -0.05) is 45.0 Å². The average Bonchev–Trinajstić information content (AvgIpc) is 3.29. The van der Waals surface area contributed by atoms with Gasteiger partial charge in [-0.15, -0.1) is 0 Å². The summed E-state index contributed by atoms with van der Waals surface area (Å²) >= 11 is 0. The first kappa shape index (κ1) is 17.7. The zero-order valence-corrected chi connectivity index (χ0v) is 14.5. The molecular weight excluding hydrogens is 290 g/mol. The molecule has 0 aliphatic heterocycles. The van der Waals surface area contributed by atoms with Crippen LogP contribution < -0.4 is 5.32 Å². The number of rotatable bonds is 7. The first-order valence-corrected chi connectivity index (χ1v) is 8.37. The number of nitrogens with one attached hydrogen (secondary N) is 1. The Labute approximate surface area is 138 Å². The molecule has 0 bridgehead atoms. The Hall–Kier alpha value is -1.68. The minimum atomic E-state index is -0.498. The maximum absolute atomic E-state index is 12.7. The second-order valence-corrected chi connectivity index (χ2v) is 7.19. The number of carbonyl (C=O) groups excluding carboxylic acids is 2. The lowest BCUT2D eigenvalue weighted by Crippen LogP contribution is -2.40. The molecule has 23 heavy (non-hydrogen) atoms. The predicted molar refractivity (Wildman–Crippen MR) is 90.7 cm³/mol. The summed E-state index contributed by atoms with van der Waals surface area (Å²) in [6.07, 6.45) is 2.22. The van der Waals surface area contributed by atoms with E-state index in [2.05, 4.69) is 26.1 Å². The molecule has 0 radical (unpaired) electrons. The van der Waals surface area contributed by atoms with Crippen molar-refractivity contribution in [1.29, 1.82) is 0 Å². The van der Waals surface area contributed by atoms with Gasteiger partial charge < -0.3 is 10.1 Å². The normalized spacial score (nSPS) is 16.0. The van der Waals surface area contributed by atoms with Crippen molar-refractivity contribution < 1.29 is 14.3 Å². The van der Waals surface area contributed by atoms with E-state index in [1.54, 1.807) is 6.92 Å². The average molecular weight is 317 g/mol. The molecule has 4 nitrogen and oxygen atoms in total. The highest BCUT2D eigenvalue weighted by Crippen LogP contribution is 2.24. The van der Waals surface area contributed by atoms with Gasteiger partial charge in [0.15, 0.2) is 5.78 Å². The molecule has 0 aromatic heterocycles. The SMILES string of the molecule is CCOC(=O)CC(NC1CC1)C(=O)c1ccc(C(C)(C)C)cc1. The summed E-state index contributed by atoms with van der Waals surface area (Å²) in [4.78, 5) is 24.5. The molecule has 1 aromatic carbocycles. The molecule has 0 heterocycles. The molecule has 1 atom stereocenters. The third-order valence-corrected chi connectivity index (χ3v) is 4.04. The van der Waals surface area contributed by atoms with Crippen molar-refractivity contribution in [2.24, 2.45) is 0 Å². The lowest BCUT2D eigenvalue weighted by atomic mass is 9.86. The van der Waals surface area contributed by atoms with Crippen LogP contribution in [0.3, 0.4) is 0 Å². The van der Waals surface area contributed by atoms with Crippen LogP contribution >= 0.6 is 0 Å². The monoisotopic (exact) mass is 317 g/mol. The Kier molecular flexibility index (Phi) is 5.58. The fourth-order valence-electron chi connectivity index (χ4n) is 2.48. The van der Waals surface area contributed by atoms with Gasteiger partial charge in [0, 0.05) is 11.6 Å². The van der Waals surface area contributed by atoms with Crippen molar-refractivity contribution in [3.63, 3.8) is 0 Å². The van der Waals surface area contributed by atoms with Gasteiger partial charge in [-0.2, -0.15) is 0 Å². The van der Waals surface area contributed by atoms with Crippen LogP contribution in [-0.4, -0.2) is 30.4 Å². The minimum Gasteiger partial charge on any atom is -0.466 e. The molecule has 1 saturated carbocycles. The van der Waals surface area contributed by atoms with E-state index in [1.165, 1.54) is 5.56 Å². The van der Waals surface area contributed by atoms with Crippen LogP contribution in [0.15, 0.2) is 24.3 Å². The van der Waals surface area contributed by atoms with Crippen LogP contribution in [-0.2, 0) is 14.9 Å². The fourth-order valence-corrected chi connectivity index (χ4v) is 2.48. The molecule has 1 aliphatic carbocycles. The highest BCUT2D eigenvalue weighted by Gasteiger charge is 2.31. The van der Waals surface area contributed by atoms with E-state index in [0.717, 1.165) is 12.8 Å². The molecule has 0 spiro atoms. The van der Waals surface area contributed by atoms with Crippen molar-refractivity contribution in [1.82, 2.24) is 5.32 Å². The second-order valence-electron chi connectivity index (χ2n) is 7.19. The van der Waals surface area contributed by atoms with Crippen molar-refractivity contribution in [2.75, 3.05) is 6.61 Å². The van der Waals surface area contributed by atoms with E-state index in [4.69, 9.17) is 4.74 Å². The Morgan fingerprint density at radius 2 is 1.83 bits per heavy atom. The molecule has 1 N–H and O–H groups in total. The van der Waals surface area contributed by atoms with Crippen LogP contribution in [0.1, 0.15) is 62.9 Å². The minimum absolute atomic E-state index is 0.0367. The van der Waals surface area contributed by atoms with Crippen LogP contribution in [0, 0.1) is 0 Å². The first-order valence-electron chi connectivity index (χ1n) is 8.37. The fraction of sp³-hybridized carbons (Fsp3) is 0.579. The molecule has 126 valence electrons. The molecule has 4 heteroatoms. The van der Waals surface area contributed by atoms with Gasteiger partial charge in [0.2, 0.25) is 0 Å². The van der Waals surface area contributed by atoms with Crippen molar-refractivity contribution in [3.8, 4) is 0 Å². The summed E-state index contributed by atoms with van der Waals surface area (Å²) in [5.41, 5.74) is 1.88. The maximum atomic E-state index is 12.7. The summed E-state index contributed by atoms with van der Waals surface area (Å²) in [7, 11) is 0. The second kappa shape index (κ2) is 7.26. The maximum Gasteiger partial charge on any atom is 0.307 e. The summed E-state index contributed by atoms with van der Waals surface area (Å²) in [5.74, 6) is -0.365. The van der Waals surface area contributed by atoms with E-state index in [-0.39, 0.29) is 23.6 Å². The molecule has 1 unspecified atom stereocenters. The van der Waals surface area contributed by atoms with Gasteiger partial charge in [0.05, 0.1) is 19.1 Å². The lowest BCUT2D eigenvalue weighted by Gasteiger charge is -2.20. The number of carbonyl (C=O) groups is 2. The van der Waals surface area contributed by atoms with E-state index >= 15 is 0 Å². The highest BCUT2D eigenvalue weighted by molar-refractivity contribution is 6.01. The van der Waals surface area contributed by atoms with Crippen molar-refractivity contribution >= 4 is 11.8 Å². The summed E-state index contributed by atoms with van der Waals surface area (Å²) < 4.78 is 4.99. The van der Waals surface area contributed by atoms with Crippen LogP contribution in [0.5, 0.6) is 0 Å². The number of ketones is 1. The smallest absolute Gasteiger partial charge is 0.307 e. The third kappa shape index (κ3) is 5.17. The standard InChI is InChI=1S/C19H27NO3/c1-5-23-17(21)12-16(20-15-10-11-15)18(22)13-6-8-14(9-7-13)19(2,3)4/h6-9,15-16,20H,5,10-12H2,1-4H3. The Bertz CT molecular complexity index is 553. The van der Waals surface area contributed by atoms with Gasteiger partial charge in [-0.05, 0) is 30.7 Å². The van der Waals surface area contributed by atoms with E-state index in [0.29, 0.717) is 18.2 Å². The highest BCUT2D eigenvalue weighted by atomic mass is 16.5. The van der Waals surface area contributed by atoms with Gasteiger partial charge in [0.25, 0.3) is 0 Å². The van der Waals surface area contributed by atoms with Gasteiger partial charge in [0.1, 0.15) is 0 Å². The number of Topliss-reactive ketones (excluding diaryl/α,β-unsaturated/α-hetero) is 1. The van der Waals surface area contributed by atoms with E-state index in [9.17, 15) is 9.59 Å². The number of hydrogen-bond acceptors (Lipinski definition) is 4. The summed E-state index contributed by atoms with van der Waals surface area (Å²) in [5, 5.41) is 3.27. The Morgan fingerprint density at radius 1 is 1.22 bits per heavy atom. The molecule has 0 amide bonds. The Balaban J connectivity index is 2.10. The summed E-state index contributed by atoms with van der Waals surface area (Å²) in [6.45, 7) is 8.53. The summed E-state index contributed by atoms with van der Waals surface area (Å²) in [6, 6.07) is 7.55. The molecule has 1 aromatic rings. The number of ether oxygens (including phenoxy) is 1. The molecule has 0 saturated heterocycles. The molecular formula is C19H27NO3. The molecule has 1 fully saturated rings. The molecule has 2 rings (SSSR count). The van der Waals surface area contributed by atoms with Crippen LogP contribution in [0.25, 0.3) is 0 Å². The number of esters is 1. The third-order valence-electron chi connectivity index (χ3n) is 4.04. The predicted octanol–water partition coefficient (Wildman–Crippen LogP) is 3.24. The van der Waals surface area contributed by atoms with Gasteiger partial charge in [-0.3, -0.25) is 9.59 Å². The van der Waals surface area contributed by atoms with Crippen LogP contribution in [0.4, 0.5) is 0 Å². The topological polar surface area (TPSA) is 55.4 Å². The molecule has 1 aliphatic rings. The lowest BCUT2D eigenvalue weighted by molar-refractivity contribution is -0.143. The zero-order chi connectivity index (χ0) is 17.0. The van der Waals surface area contributed by atoms with Crippen LogP contribution in [0.2, 0.25) is 0 Å². The zero-order valence-electron chi connectivity index (χ0n) is 14.5. The van der Waals surface area contributed by atoms with Crippen molar-refractivity contribution in [3.05, 3.63) is 35.4 Å². The Morgan fingerprint density at radius 3 is 2.30 bits per heavy atom. The first-order chi connectivity index (χ1) is 10.8. The van der Waals surface area contributed by atoms with E-state index < -0.39 is 6.04 Å². The largest absolute Gasteiger partial charge is 0.466 e. The number of benzene rings is 1. The number of hydrogen-bond donors (Lipinski definition) is 1. The quantitative estimate of drug-likeness (QED) is 0.619. The van der Waals surface area contributed by atoms with Gasteiger partial charge >= 0.3 is 5.97 Å². The van der Waals surface area contributed by atoms with Crippen molar-refractivity contribution in [2.45, 2.75) is 64.5 Å². The van der Waals surface area contributed by atoms with E-state index in [1.807, 2.05) is 24.3 Å². The van der Waals surface area contributed by atoms with Gasteiger partial charge in [-0.25, -0.2) is 0 Å².